The first-order chi connectivity index (χ1) is 10.1. The van der Waals surface area contributed by atoms with Gasteiger partial charge in [-0.2, -0.15) is 0 Å². The Balaban J connectivity index is 2.05. The number of hydrogen-bond donors (Lipinski definition) is 1. The lowest BCUT2D eigenvalue weighted by Gasteiger charge is -2.11. The Hall–Kier alpha value is -2.49. The van der Waals surface area contributed by atoms with Crippen LogP contribution in [0.5, 0.6) is 11.5 Å². The summed E-state index contributed by atoms with van der Waals surface area (Å²) in [6.07, 6.45) is 0.783. The summed E-state index contributed by atoms with van der Waals surface area (Å²) in [5, 5.41) is 0. The van der Waals surface area contributed by atoms with Crippen LogP contribution in [0.3, 0.4) is 0 Å². The summed E-state index contributed by atoms with van der Waals surface area (Å²) in [5.74, 6) is 0.631. The van der Waals surface area contributed by atoms with Crippen LogP contribution in [0.1, 0.15) is 21.5 Å². The average Bonchev–Trinajstić information content (AvgIpc) is 2.47. The zero-order valence-electron chi connectivity index (χ0n) is 12.3. The van der Waals surface area contributed by atoms with Gasteiger partial charge in [0.1, 0.15) is 0 Å². The summed E-state index contributed by atoms with van der Waals surface area (Å²) >= 11 is 0. The molecule has 0 aromatic heterocycles. The van der Waals surface area contributed by atoms with E-state index >= 15 is 0 Å². The van der Waals surface area contributed by atoms with Crippen molar-refractivity contribution in [2.75, 3.05) is 13.7 Å². The molecule has 0 aliphatic rings. The van der Waals surface area contributed by atoms with E-state index in [0.717, 1.165) is 6.42 Å². The largest absolute Gasteiger partial charge is 0.493 e. The molecule has 0 saturated carbocycles. The number of benzene rings is 2. The van der Waals surface area contributed by atoms with Crippen molar-refractivity contribution in [3.05, 3.63) is 59.2 Å². The van der Waals surface area contributed by atoms with Gasteiger partial charge in [-0.1, -0.05) is 29.8 Å². The Bertz CT molecular complexity index is 638. The molecular weight excluding hydrogens is 266 g/mol. The number of nitrogens with two attached hydrogens (primary N) is 1. The zero-order chi connectivity index (χ0) is 15.2. The van der Waals surface area contributed by atoms with Crippen molar-refractivity contribution >= 4 is 5.91 Å². The molecule has 21 heavy (non-hydrogen) atoms. The summed E-state index contributed by atoms with van der Waals surface area (Å²) in [6.45, 7) is 2.56. The summed E-state index contributed by atoms with van der Waals surface area (Å²) in [7, 11) is 1.56. The van der Waals surface area contributed by atoms with Crippen molar-refractivity contribution in [2.45, 2.75) is 13.3 Å². The number of carbonyl (C=O) groups is 1. The fraction of sp³-hybridized carbons (Fsp3) is 0.235. The van der Waals surface area contributed by atoms with Gasteiger partial charge in [0.05, 0.1) is 13.7 Å². The molecule has 0 fully saturated rings. The summed E-state index contributed by atoms with van der Waals surface area (Å²) in [4.78, 5) is 11.2. The number of hydrogen-bond acceptors (Lipinski definition) is 3. The third kappa shape index (κ3) is 3.99. The Kier molecular flexibility index (Phi) is 4.82. The minimum absolute atomic E-state index is 0.404. The van der Waals surface area contributed by atoms with Crippen LogP contribution in [0.2, 0.25) is 0 Å². The Morgan fingerprint density at radius 1 is 1.14 bits per heavy atom. The smallest absolute Gasteiger partial charge is 0.248 e. The quantitative estimate of drug-likeness (QED) is 0.887. The van der Waals surface area contributed by atoms with E-state index in [-0.39, 0.29) is 0 Å². The molecule has 2 aromatic carbocycles. The van der Waals surface area contributed by atoms with Gasteiger partial charge in [-0.15, -0.1) is 0 Å². The van der Waals surface area contributed by atoms with Crippen LogP contribution in [0.4, 0.5) is 0 Å². The highest BCUT2D eigenvalue weighted by atomic mass is 16.5. The minimum atomic E-state index is -0.485. The highest BCUT2D eigenvalue weighted by molar-refractivity contribution is 5.93. The number of rotatable bonds is 6. The van der Waals surface area contributed by atoms with Crippen molar-refractivity contribution in [1.82, 2.24) is 0 Å². The normalized spacial score (nSPS) is 10.2. The highest BCUT2D eigenvalue weighted by Gasteiger charge is 2.09. The van der Waals surface area contributed by atoms with E-state index in [1.165, 1.54) is 11.1 Å². The molecule has 0 unspecified atom stereocenters. The second-order valence-corrected chi connectivity index (χ2v) is 4.82. The van der Waals surface area contributed by atoms with Crippen LogP contribution in [-0.2, 0) is 6.42 Å². The molecule has 2 aromatic rings. The molecule has 2 rings (SSSR count). The van der Waals surface area contributed by atoms with Crippen LogP contribution in [0.25, 0.3) is 0 Å². The first-order valence-electron chi connectivity index (χ1n) is 6.76. The van der Waals surface area contributed by atoms with Gasteiger partial charge < -0.3 is 15.2 Å². The molecule has 0 spiro atoms. The Morgan fingerprint density at radius 2 is 1.95 bits per heavy atom. The van der Waals surface area contributed by atoms with Crippen LogP contribution in [0, 0.1) is 6.92 Å². The zero-order valence-corrected chi connectivity index (χ0v) is 12.3. The number of carbonyl (C=O) groups excluding carboxylic acids is 1. The monoisotopic (exact) mass is 285 g/mol. The highest BCUT2D eigenvalue weighted by Crippen LogP contribution is 2.28. The Labute approximate surface area is 124 Å². The van der Waals surface area contributed by atoms with E-state index in [1.54, 1.807) is 25.3 Å². The first kappa shape index (κ1) is 14.9. The maximum absolute atomic E-state index is 11.2. The molecule has 110 valence electrons. The van der Waals surface area contributed by atoms with Crippen LogP contribution < -0.4 is 15.2 Å². The molecule has 1 amide bonds. The number of primary amides is 1. The first-order valence-corrected chi connectivity index (χ1v) is 6.76. The van der Waals surface area contributed by atoms with E-state index in [2.05, 4.69) is 25.1 Å². The molecule has 0 aliphatic carbocycles. The van der Waals surface area contributed by atoms with Gasteiger partial charge in [-0.05, 0) is 30.7 Å². The summed E-state index contributed by atoms with van der Waals surface area (Å²) in [6, 6.07) is 13.2. The molecule has 0 bridgehead atoms. The van der Waals surface area contributed by atoms with E-state index in [4.69, 9.17) is 15.2 Å². The summed E-state index contributed by atoms with van der Waals surface area (Å²) in [5.41, 5.74) is 8.11. The Morgan fingerprint density at radius 3 is 2.62 bits per heavy atom. The molecule has 0 atom stereocenters. The molecule has 0 saturated heterocycles. The van der Waals surface area contributed by atoms with Gasteiger partial charge in [0.25, 0.3) is 0 Å². The lowest BCUT2D eigenvalue weighted by atomic mass is 10.1. The van der Waals surface area contributed by atoms with Crippen LogP contribution >= 0.6 is 0 Å². The van der Waals surface area contributed by atoms with Crippen molar-refractivity contribution in [1.29, 1.82) is 0 Å². The molecule has 2 N–H and O–H groups in total. The minimum Gasteiger partial charge on any atom is -0.493 e. The van der Waals surface area contributed by atoms with Gasteiger partial charge in [0.2, 0.25) is 5.91 Å². The van der Waals surface area contributed by atoms with Crippen LogP contribution in [0.15, 0.2) is 42.5 Å². The maximum atomic E-state index is 11.2. The number of amides is 1. The molecule has 4 nitrogen and oxygen atoms in total. The van der Waals surface area contributed by atoms with Gasteiger partial charge in [-0.25, -0.2) is 0 Å². The predicted molar refractivity (Wildman–Crippen MR) is 81.9 cm³/mol. The standard InChI is InChI=1S/C17H19NO3/c1-12-4-3-5-13(10-12)8-9-21-16-11-14(17(18)19)6-7-15(16)20-2/h3-7,10-11H,8-9H2,1-2H3,(H2,18,19). The third-order valence-corrected chi connectivity index (χ3v) is 3.18. The molecule has 0 radical (unpaired) electrons. The van der Waals surface area contributed by atoms with Gasteiger partial charge >= 0.3 is 0 Å². The molecule has 4 heteroatoms. The van der Waals surface area contributed by atoms with E-state index < -0.39 is 5.91 Å². The van der Waals surface area contributed by atoms with Crippen LogP contribution in [-0.4, -0.2) is 19.6 Å². The predicted octanol–water partition coefficient (Wildman–Crippen LogP) is 2.72. The summed E-state index contributed by atoms with van der Waals surface area (Å²) < 4.78 is 11.0. The van der Waals surface area contributed by atoms with Crippen molar-refractivity contribution in [3.8, 4) is 11.5 Å². The number of aryl methyl sites for hydroxylation is 1. The van der Waals surface area contributed by atoms with Crippen molar-refractivity contribution in [3.63, 3.8) is 0 Å². The van der Waals surface area contributed by atoms with Crippen molar-refractivity contribution < 1.29 is 14.3 Å². The van der Waals surface area contributed by atoms with E-state index in [9.17, 15) is 4.79 Å². The second-order valence-electron chi connectivity index (χ2n) is 4.82. The lowest BCUT2D eigenvalue weighted by Crippen LogP contribution is -2.11. The molecule has 0 aliphatic heterocycles. The third-order valence-electron chi connectivity index (χ3n) is 3.18. The van der Waals surface area contributed by atoms with Crippen molar-refractivity contribution in [2.24, 2.45) is 5.73 Å². The number of ether oxygens (including phenoxy) is 2. The van der Waals surface area contributed by atoms with Gasteiger partial charge in [0, 0.05) is 12.0 Å². The fourth-order valence-corrected chi connectivity index (χ4v) is 2.09. The lowest BCUT2D eigenvalue weighted by molar-refractivity contribution is 0.0999. The average molecular weight is 285 g/mol. The second kappa shape index (κ2) is 6.79. The van der Waals surface area contributed by atoms with Gasteiger partial charge in [-0.3, -0.25) is 4.79 Å². The molecular formula is C17H19NO3. The van der Waals surface area contributed by atoms with E-state index in [1.807, 2.05) is 6.07 Å². The number of methoxy groups -OCH3 is 1. The fourth-order valence-electron chi connectivity index (χ4n) is 2.09. The maximum Gasteiger partial charge on any atom is 0.248 e. The van der Waals surface area contributed by atoms with Gasteiger partial charge in [0.15, 0.2) is 11.5 Å². The van der Waals surface area contributed by atoms with E-state index in [0.29, 0.717) is 23.7 Å². The molecule has 0 heterocycles. The topological polar surface area (TPSA) is 61.5 Å². The SMILES string of the molecule is COc1ccc(C(N)=O)cc1OCCc1cccc(C)c1.